The summed E-state index contributed by atoms with van der Waals surface area (Å²) in [5, 5.41) is 3.50. The Morgan fingerprint density at radius 2 is 2.29 bits per heavy atom. The first-order valence-corrected chi connectivity index (χ1v) is 7.67. The number of likely N-dealkylation sites (tertiary alicyclic amines) is 1. The number of carbonyl (C=O) groups is 1. The molecule has 0 aromatic heterocycles. The molecule has 0 spiro atoms. The van der Waals surface area contributed by atoms with Crippen molar-refractivity contribution in [2.24, 2.45) is 11.8 Å². The summed E-state index contributed by atoms with van der Waals surface area (Å²) in [6.45, 7) is 7.22. The van der Waals surface area contributed by atoms with Gasteiger partial charge in [-0.1, -0.05) is 11.6 Å². The zero-order valence-electron chi connectivity index (χ0n) is 12.5. The molecule has 1 atom stereocenters. The third-order valence-electron chi connectivity index (χ3n) is 3.98. The van der Waals surface area contributed by atoms with E-state index in [9.17, 15) is 4.79 Å². The van der Waals surface area contributed by atoms with Crippen LogP contribution in [0.3, 0.4) is 0 Å². The van der Waals surface area contributed by atoms with Crippen molar-refractivity contribution in [1.82, 2.24) is 10.2 Å². The first kappa shape index (κ1) is 16.1. The maximum absolute atomic E-state index is 12.3. The highest BCUT2D eigenvalue weighted by Gasteiger charge is 2.24. The van der Waals surface area contributed by atoms with Gasteiger partial charge in [0.05, 0.1) is 11.3 Å². The van der Waals surface area contributed by atoms with Crippen LogP contribution in [0.15, 0.2) is 18.2 Å². The van der Waals surface area contributed by atoms with E-state index in [1.807, 2.05) is 0 Å². The zero-order chi connectivity index (χ0) is 15.4. The predicted molar refractivity (Wildman–Crippen MR) is 86.4 cm³/mol. The lowest BCUT2D eigenvalue weighted by Gasteiger charge is -2.20. The van der Waals surface area contributed by atoms with Gasteiger partial charge in [-0.05, 0) is 50.9 Å². The fourth-order valence-corrected chi connectivity index (χ4v) is 2.83. The SMILES string of the molecule is CC(C)N1CCC(CNC(=O)c2cc(Cl)ccc2NN)C1. The van der Waals surface area contributed by atoms with Gasteiger partial charge in [-0.3, -0.25) is 10.6 Å². The standard InChI is InChI=1S/C15H23ClN4O/c1-10(2)20-6-5-11(9-20)8-18-15(21)13-7-12(16)3-4-14(13)19-17/h3-4,7,10-11,19H,5-6,8-9,17H2,1-2H3,(H,18,21). The van der Waals surface area contributed by atoms with E-state index in [1.165, 1.54) is 0 Å². The molecular weight excluding hydrogens is 288 g/mol. The zero-order valence-corrected chi connectivity index (χ0v) is 13.3. The van der Waals surface area contributed by atoms with Crippen LogP contribution in [0.1, 0.15) is 30.6 Å². The Labute approximate surface area is 130 Å². The topological polar surface area (TPSA) is 70.4 Å². The normalized spacial score (nSPS) is 19.0. The van der Waals surface area contributed by atoms with Gasteiger partial charge in [0.1, 0.15) is 0 Å². The van der Waals surface area contributed by atoms with Crippen LogP contribution in [0, 0.1) is 5.92 Å². The lowest BCUT2D eigenvalue weighted by Crippen LogP contribution is -2.33. The van der Waals surface area contributed by atoms with Crippen LogP contribution in [0.4, 0.5) is 5.69 Å². The molecule has 1 heterocycles. The van der Waals surface area contributed by atoms with Crippen molar-refractivity contribution < 1.29 is 4.79 Å². The van der Waals surface area contributed by atoms with Crippen molar-refractivity contribution in [2.45, 2.75) is 26.3 Å². The number of benzene rings is 1. The molecule has 1 aromatic rings. The molecule has 116 valence electrons. The molecule has 1 unspecified atom stereocenters. The lowest BCUT2D eigenvalue weighted by atomic mass is 10.1. The van der Waals surface area contributed by atoms with Crippen LogP contribution in [-0.2, 0) is 0 Å². The highest BCUT2D eigenvalue weighted by Crippen LogP contribution is 2.21. The molecule has 0 bridgehead atoms. The van der Waals surface area contributed by atoms with E-state index in [0.717, 1.165) is 19.5 Å². The number of hydrogen-bond acceptors (Lipinski definition) is 4. The maximum atomic E-state index is 12.3. The van der Waals surface area contributed by atoms with E-state index in [1.54, 1.807) is 18.2 Å². The van der Waals surface area contributed by atoms with Crippen molar-refractivity contribution in [1.29, 1.82) is 0 Å². The third-order valence-corrected chi connectivity index (χ3v) is 4.22. The van der Waals surface area contributed by atoms with Crippen molar-refractivity contribution in [3.63, 3.8) is 0 Å². The number of nitrogens with one attached hydrogen (secondary N) is 2. The molecule has 6 heteroatoms. The second kappa shape index (κ2) is 7.11. The average Bonchev–Trinajstić information content (AvgIpc) is 2.94. The summed E-state index contributed by atoms with van der Waals surface area (Å²) in [5.74, 6) is 5.79. The van der Waals surface area contributed by atoms with Gasteiger partial charge in [-0.2, -0.15) is 0 Å². The molecule has 1 aliphatic heterocycles. The Morgan fingerprint density at radius 3 is 2.90 bits per heavy atom. The van der Waals surface area contributed by atoms with Gasteiger partial charge in [0.2, 0.25) is 0 Å². The van der Waals surface area contributed by atoms with E-state index >= 15 is 0 Å². The number of rotatable bonds is 5. The molecule has 2 rings (SSSR count). The number of amides is 1. The van der Waals surface area contributed by atoms with E-state index in [2.05, 4.69) is 29.5 Å². The minimum atomic E-state index is -0.145. The molecule has 1 aromatic carbocycles. The van der Waals surface area contributed by atoms with Crippen LogP contribution >= 0.6 is 11.6 Å². The van der Waals surface area contributed by atoms with Gasteiger partial charge in [0.15, 0.2) is 0 Å². The van der Waals surface area contributed by atoms with Crippen LogP contribution < -0.4 is 16.6 Å². The molecular formula is C15H23ClN4O. The minimum Gasteiger partial charge on any atom is -0.352 e. The highest BCUT2D eigenvalue weighted by molar-refractivity contribution is 6.31. The van der Waals surface area contributed by atoms with Gasteiger partial charge in [-0.25, -0.2) is 0 Å². The molecule has 0 saturated carbocycles. The van der Waals surface area contributed by atoms with Gasteiger partial charge in [-0.15, -0.1) is 0 Å². The van der Waals surface area contributed by atoms with Gasteiger partial charge in [0.25, 0.3) is 5.91 Å². The third kappa shape index (κ3) is 4.09. The van der Waals surface area contributed by atoms with Crippen LogP contribution in [0.5, 0.6) is 0 Å². The summed E-state index contributed by atoms with van der Waals surface area (Å²) >= 11 is 5.94. The lowest BCUT2D eigenvalue weighted by molar-refractivity contribution is 0.0948. The van der Waals surface area contributed by atoms with Crippen LogP contribution in [-0.4, -0.2) is 36.5 Å². The predicted octanol–water partition coefficient (Wildman–Crippen LogP) is 2.09. The maximum Gasteiger partial charge on any atom is 0.253 e. The van der Waals surface area contributed by atoms with Crippen LogP contribution in [0.2, 0.25) is 5.02 Å². The van der Waals surface area contributed by atoms with Gasteiger partial charge >= 0.3 is 0 Å². The minimum absolute atomic E-state index is 0.145. The quantitative estimate of drug-likeness (QED) is 0.575. The Kier molecular flexibility index (Phi) is 5.45. The first-order chi connectivity index (χ1) is 10.0. The summed E-state index contributed by atoms with van der Waals surface area (Å²) in [4.78, 5) is 14.7. The molecule has 5 nitrogen and oxygen atoms in total. The number of carbonyl (C=O) groups excluding carboxylic acids is 1. The molecule has 1 amide bonds. The van der Waals surface area contributed by atoms with Crippen molar-refractivity contribution in [3.8, 4) is 0 Å². The van der Waals surface area contributed by atoms with Crippen molar-refractivity contribution >= 4 is 23.2 Å². The number of hydrogen-bond donors (Lipinski definition) is 3. The van der Waals surface area contributed by atoms with Crippen LogP contribution in [0.25, 0.3) is 0 Å². The summed E-state index contributed by atoms with van der Waals surface area (Å²) in [7, 11) is 0. The largest absolute Gasteiger partial charge is 0.352 e. The van der Waals surface area contributed by atoms with Gasteiger partial charge < -0.3 is 15.6 Å². The van der Waals surface area contributed by atoms with Crippen molar-refractivity contribution in [2.75, 3.05) is 25.1 Å². The van der Waals surface area contributed by atoms with E-state index in [4.69, 9.17) is 17.4 Å². The first-order valence-electron chi connectivity index (χ1n) is 7.29. The molecule has 1 saturated heterocycles. The van der Waals surface area contributed by atoms with E-state index < -0.39 is 0 Å². The Morgan fingerprint density at radius 1 is 1.52 bits per heavy atom. The number of halogens is 1. The Hall–Kier alpha value is -1.30. The second-order valence-electron chi connectivity index (χ2n) is 5.79. The monoisotopic (exact) mass is 310 g/mol. The molecule has 21 heavy (non-hydrogen) atoms. The Bertz CT molecular complexity index is 506. The molecule has 1 aliphatic rings. The number of anilines is 1. The van der Waals surface area contributed by atoms with Gasteiger partial charge in [0, 0.05) is 24.2 Å². The Balaban J connectivity index is 1.92. The fourth-order valence-electron chi connectivity index (χ4n) is 2.66. The summed E-state index contributed by atoms with van der Waals surface area (Å²) in [5.41, 5.74) is 3.58. The summed E-state index contributed by atoms with van der Waals surface area (Å²) in [6, 6.07) is 5.59. The molecule has 0 radical (unpaired) electrons. The smallest absolute Gasteiger partial charge is 0.253 e. The number of nitrogen functional groups attached to an aromatic ring is 1. The average molecular weight is 311 g/mol. The van der Waals surface area contributed by atoms with E-state index in [-0.39, 0.29) is 5.91 Å². The van der Waals surface area contributed by atoms with Crippen molar-refractivity contribution in [3.05, 3.63) is 28.8 Å². The molecule has 4 N–H and O–H groups in total. The summed E-state index contributed by atoms with van der Waals surface area (Å²) in [6.07, 6.45) is 1.12. The second-order valence-corrected chi connectivity index (χ2v) is 6.22. The fraction of sp³-hybridized carbons (Fsp3) is 0.533. The number of nitrogens with zero attached hydrogens (tertiary/aromatic N) is 1. The summed E-state index contributed by atoms with van der Waals surface area (Å²) < 4.78 is 0. The molecule has 1 fully saturated rings. The van der Waals surface area contributed by atoms with E-state index in [0.29, 0.717) is 34.8 Å². The number of nitrogens with two attached hydrogens (primary N) is 1. The molecule has 0 aliphatic carbocycles. The number of hydrazine groups is 1. The highest BCUT2D eigenvalue weighted by atomic mass is 35.5.